The van der Waals surface area contributed by atoms with Crippen LogP contribution in [0.5, 0.6) is 0 Å². The molecule has 1 aliphatic heterocycles. The standard InChI is InChI=1S/C14H19NO3S/c16-14(11-5-7-15-8-6-11)9-12-3-1-2-4-13(12)10-19(17)18/h1-4,11,15H,5-10H2,(H,17,18)/p-1. The zero-order chi connectivity index (χ0) is 13.7. The lowest BCUT2D eigenvalue weighted by molar-refractivity contribution is -0.122. The molecule has 5 heteroatoms. The van der Waals surface area contributed by atoms with Crippen molar-refractivity contribution in [3.05, 3.63) is 35.4 Å². The molecule has 2 rings (SSSR count). The van der Waals surface area contributed by atoms with Crippen LogP contribution in [0.2, 0.25) is 0 Å². The van der Waals surface area contributed by atoms with Crippen molar-refractivity contribution in [1.29, 1.82) is 0 Å². The summed E-state index contributed by atoms with van der Waals surface area (Å²) in [4.78, 5) is 12.2. The Labute approximate surface area is 115 Å². The molecule has 1 aromatic carbocycles. The molecule has 0 saturated carbocycles. The SMILES string of the molecule is O=C(Cc1ccccc1CS(=O)[O-])C1CCNCC1. The Hall–Kier alpha value is -1.04. The van der Waals surface area contributed by atoms with E-state index >= 15 is 0 Å². The highest BCUT2D eigenvalue weighted by Crippen LogP contribution is 2.18. The summed E-state index contributed by atoms with van der Waals surface area (Å²) in [5, 5.41) is 3.24. The Morgan fingerprint density at radius 3 is 2.53 bits per heavy atom. The van der Waals surface area contributed by atoms with E-state index in [1.54, 1.807) is 12.1 Å². The molecule has 0 bridgehead atoms. The predicted molar refractivity (Wildman–Crippen MR) is 73.4 cm³/mol. The fourth-order valence-electron chi connectivity index (χ4n) is 2.47. The molecule has 0 aliphatic carbocycles. The number of benzene rings is 1. The number of rotatable bonds is 5. The minimum atomic E-state index is -2.12. The summed E-state index contributed by atoms with van der Waals surface area (Å²) in [7, 11) is 0. The molecule has 0 amide bonds. The maximum atomic E-state index is 12.2. The van der Waals surface area contributed by atoms with E-state index in [4.69, 9.17) is 0 Å². The molecule has 104 valence electrons. The quantitative estimate of drug-likeness (QED) is 0.822. The molecular weight excluding hydrogens is 262 g/mol. The van der Waals surface area contributed by atoms with E-state index < -0.39 is 11.1 Å². The molecule has 1 heterocycles. The third-order valence-corrected chi connectivity index (χ3v) is 4.10. The molecule has 4 nitrogen and oxygen atoms in total. The molecule has 0 spiro atoms. The lowest BCUT2D eigenvalue weighted by Gasteiger charge is -2.22. The van der Waals surface area contributed by atoms with Gasteiger partial charge < -0.3 is 9.87 Å². The molecule has 1 aromatic rings. The van der Waals surface area contributed by atoms with Crippen molar-refractivity contribution in [2.45, 2.75) is 25.0 Å². The second-order valence-electron chi connectivity index (χ2n) is 4.88. The first kappa shape index (κ1) is 14.4. The summed E-state index contributed by atoms with van der Waals surface area (Å²) in [6.45, 7) is 1.78. The molecule has 0 radical (unpaired) electrons. The van der Waals surface area contributed by atoms with Crippen LogP contribution in [0.3, 0.4) is 0 Å². The van der Waals surface area contributed by atoms with Crippen LogP contribution in [0.1, 0.15) is 24.0 Å². The third kappa shape index (κ3) is 4.23. The number of carbonyl (C=O) groups excluding carboxylic acids is 1. The molecule has 1 saturated heterocycles. The van der Waals surface area contributed by atoms with Crippen LogP contribution in [0.4, 0.5) is 0 Å². The van der Waals surface area contributed by atoms with Gasteiger partial charge in [0.1, 0.15) is 5.78 Å². The maximum absolute atomic E-state index is 12.2. The summed E-state index contributed by atoms with van der Waals surface area (Å²) in [5.41, 5.74) is 1.58. The molecule has 0 aromatic heterocycles. The maximum Gasteiger partial charge on any atom is 0.140 e. The van der Waals surface area contributed by atoms with Gasteiger partial charge >= 0.3 is 0 Å². The lowest BCUT2D eigenvalue weighted by Crippen LogP contribution is -2.32. The Balaban J connectivity index is 2.05. The van der Waals surface area contributed by atoms with Crippen LogP contribution in [0.15, 0.2) is 24.3 Å². The van der Waals surface area contributed by atoms with Gasteiger partial charge in [-0.05, 0) is 37.1 Å². The second kappa shape index (κ2) is 6.93. The van der Waals surface area contributed by atoms with Crippen molar-refractivity contribution in [2.24, 2.45) is 5.92 Å². The summed E-state index contributed by atoms with van der Waals surface area (Å²) < 4.78 is 21.6. The van der Waals surface area contributed by atoms with E-state index in [1.807, 2.05) is 12.1 Å². The Morgan fingerprint density at radius 2 is 1.89 bits per heavy atom. The minimum absolute atomic E-state index is 0.0182. The third-order valence-electron chi connectivity index (χ3n) is 3.55. The first-order valence-corrected chi connectivity index (χ1v) is 7.77. The molecule has 1 unspecified atom stereocenters. The van der Waals surface area contributed by atoms with Gasteiger partial charge in [-0.25, -0.2) is 0 Å². The number of hydrogen-bond donors (Lipinski definition) is 1. The van der Waals surface area contributed by atoms with Gasteiger partial charge in [0.05, 0.1) is 0 Å². The van der Waals surface area contributed by atoms with Crippen molar-refractivity contribution < 1.29 is 13.6 Å². The number of hydrogen-bond acceptors (Lipinski definition) is 4. The van der Waals surface area contributed by atoms with Crippen molar-refractivity contribution in [1.82, 2.24) is 5.32 Å². The van der Waals surface area contributed by atoms with Crippen molar-refractivity contribution >= 4 is 16.9 Å². The highest BCUT2D eigenvalue weighted by Gasteiger charge is 2.21. The van der Waals surface area contributed by atoms with Crippen LogP contribution in [-0.4, -0.2) is 27.6 Å². The minimum Gasteiger partial charge on any atom is -0.772 e. The van der Waals surface area contributed by atoms with Gasteiger partial charge in [0.15, 0.2) is 0 Å². The average molecular weight is 280 g/mol. The number of Topliss-reactive ketones (excluding diaryl/α,β-unsaturated/α-hetero) is 1. The first-order valence-electron chi connectivity index (χ1n) is 6.53. The van der Waals surface area contributed by atoms with E-state index in [0.717, 1.165) is 37.1 Å². The highest BCUT2D eigenvalue weighted by molar-refractivity contribution is 7.78. The van der Waals surface area contributed by atoms with E-state index in [9.17, 15) is 13.6 Å². The smallest absolute Gasteiger partial charge is 0.140 e. The van der Waals surface area contributed by atoms with Crippen LogP contribution in [0.25, 0.3) is 0 Å². The fourth-order valence-corrected chi connectivity index (χ4v) is 3.01. The molecule has 1 aliphatic rings. The van der Waals surface area contributed by atoms with Gasteiger partial charge in [0.25, 0.3) is 0 Å². The van der Waals surface area contributed by atoms with Gasteiger partial charge in [-0.3, -0.25) is 9.00 Å². The van der Waals surface area contributed by atoms with Gasteiger partial charge in [0.2, 0.25) is 0 Å². The van der Waals surface area contributed by atoms with Gasteiger partial charge in [0, 0.05) is 18.1 Å². The zero-order valence-corrected chi connectivity index (χ0v) is 11.6. The largest absolute Gasteiger partial charge is 0.772 e. The highest BCUT2D eigenvalue weighted by atomic mass is 32.2. The zero-order valence-electron chi connectivity index (χ0n) is 10.8. The monoisotopic (exact) mass is 280 g/mol. The van der Waals surface area contributed by atoms with Gasteiger partial charge in [-0.2, -0.15) is 0 Å². The first-order chi connectivity index (χ1) is 9.16. The summed E-state index contributed by atoms with van der Waals surface area (Å²) in [5.74, 6) is 0.327. The van der Waals surface area contributed by atoms with E-state index in [0.29, 0.717) is 6.42 Å². The van der Waals surface area contributed by atoms with Crippen LogP contribution in [-0.2, 0) is 28.0 Å². The molecule has 1 fully saturated rings. The van der Waals surface area contributed by atoms with Crippen molar-refractivity contribution in [3.63, 3.8) is 0 Å². The van der Waals surface area contributed by atoms with E-state index in [-0.39, 0.29) is 17.5 Å². The fraction of sp³-hybridized carbons (Fsp3) is 0.500. The molecule has 1 atom stereocenters. The summed E-state index contributed by atoms with van der Waals surface area (Å²) >= 11 is -2.12. The number of piperidine rings is 1. The second-order valence-corrected chi connectivity index (χ2v) is 5.78. The lowest BCUT2D eigenvalue weighted by atomic mass is 9.89. The van der Waals surface area contributed by atoms with Gasteiger partial charge in [-0.1, -0.05) is 35.3 Å². The average Bonchev–Trinajstić information content (AvgIpc) is 2.41. The molecule has 1 N–H and O–H groups in total. The van der Waals surface area contributed by atoms with Crippen LogP contribution in [0, 0.1) is 5.92 Å². The topological polar surface area (TPSA) is 69.2 Å². The van der Waals surface area contributed by atoms with Crippen molar-refractivity contribution in [3.8, 4) is 0 Å². The number of carbonyl (C=O) groups is 1. The van der Waals surface area contributed by atoms with E-state index in [1.165, 1.54) is 0 Å². The Morgan fingerprint density at radius 1 is 1.26 bits per heavy atom. The number of ketones is 1. The molecule has 19 heavy (non-hydrogen) atoms. The van der Waals surface area contributed by atoms with Crippen LogP contribution < -0.4 is 5.32 Å². The predicted octanol–water partition coefficient (Wildman–Crippen LogP) is 1.18. The Kier molecular flexibility index (Phi) is 5.24. The van der Waals surface area contributed by atoms with Gasteiger partial charge in [-0.15, -0.1) is 0 Å². The summed E-state index contributed by atoms with van der Waals surface area (Å²) in [6, 6.07) is 7.28. The van der Waals surface area contributed by atoms with Crippen LogP contribution >= 0.6 is 0 Å². The molecular formula is C14H18NO3S-. The van der Waals surface area contributed by atoms with Crippen molar-refractivity contribution in [2.75, 3.05) is 13.1 Å². The normalized spacial score (nSPS) is 18.2. The van der Waals surface area contributed by atoms with E-state index in [2.05, 4.69) is 5.32 Å². The Bertz CT molecular complexity index is 470. The summed E-state index contributed by atoms with van der Waals surface area (Å²) in [6.07, 6.45) is 2.11. The number of nitrogens with one attached hydrogen (secondary N) is 1.